The highest BCUT2D eigenvalue weighted by atomic mass is 32.1. The van der Waals surface area contributed by atoms with E-state index >= 15 is 0 Å². The quantitative estimate of drug-likeness (QED) is 0.898. The van der Waals surface area contributed by atoms with Crippen LogP contribution in [-0.2, 0) is 4.74 Å². The Morgan fingerprint density at radius 1 is 1.37 bits per heavy atom. The molecule has 2 unspecified atom stereocenters. The second-order valence-electron chi connectivity index (χ2n) is 6.17. The predicted molar refractivity (Wildman–Crippen MR) is 80.6 cm³/mol. The first-order chi connectivity index (χ1) is 9.33. The SMILES string of the molecule is CNC(c1ccsc1)C1CCOC2(CCCCC2)C1. The van der Waals surface area contributed by atoms with Crippen LogP contribution < -0.4 is 5.32 Å². The van der Waals surface area contributed by atoms with Crippen LogP contribution in [0.25, 0.3) is 0 Å². The molecule has 0 radical (unpaired) electrons. The van der Waals surface area contributed by atoms with Gasteiger partial charge in [-0.05, 0) is 61.0 Å². The van der Waals surface area contributed by atoms with Crippen LogP contribution in [-0.4, -0.2) is 19.3 Å². The maximum Gasteiger partial charge on any atom is 0.0686 e. The molecule has 0 bridgehead atoms. The minimum absolute atomic E-state index is 0.215. The van der Waals surface area contributed by atoms with Gasteiger partial charge < -0.3 is 10.1 Å². The fourth-order valence-electron chi connectivity index (χ4n) is 4.02. The van der Waals surface area contributed by atoms with E-state index in [1.54, 1.807) is 11.3 Å². The molecule has 1 aromatic heterocycles. The number of thiophene rings is 1. The Morgan fingerprint density at radius 2 is 2.21 bits per heavy atom. The normalized spacial score (nSPS) is 28.4. The lowest BCUT2D eigenvalue weighted by molar-refractivity contribution is -0.121. The van der Waals surface area contributed by atoms with Crippen molar-refractivity contribution in [1.82, 2.24) is 5.32 Å². The van der Waals surface area contributed by atoms with Crippen molar-refractivity contribution in [2.75, 3.05) is 13.7 Å². The first kappa shape index (κ1) is 13.6. The summed E-state index contributed by atoms with van der Waals surface area (Å²) in [5, 5.41) is 8.03. The highest BCUT2D eigenvalue weighted by Gasteiger charge is 2.40. The third kappa shape index (κ3) is 2.88. The Balaban J connectivity index is 1.73. The number of ether oxygens (including phenoxy) is 1. The van der Waals surface area contributed by atoms with Gasteiger partial charge in [-0.3, -0.25) is 0 Å². The third-order valence-electron chi connectivity index (χ3n) is 4.98. The van der Waals surface area contributed by atoms with Gasteiger partial charge in [0.2, 0.25) is 0 Å². The van der Waals surface area contributed by atoms with Gasteiger partial charge in [-0.2, -0.15) is 11.3 Å². The van der Waals surface area contributed by atoms with Crippen LogP contribution in [0.4, 0.5) is 0 Å². The average Bonchev–Trinajstić information content (AvgIpc) is 2.95. The summed E-state index contributed by atoms with van der Waals surface area (Å²) in [4.78, 5) is 0. The summed E-state index contributed by atoms with van der Waals surface area (Å²) in [7, 11) is 2.10. The van der Waals surface area contributed by atoms with Crippen molar-refractivity contribution in [2.24, 2.45) is 5.92 Å². The maximum absolute atomic E-state index is 6.22. The van der Waals surface area contributed by atoms with Crippen molar-refractivity contribution in [2.45, 2.75) is 56.6 Å². The summed E-state index contributed by atoms with van der Waals surface area (Å²) < 4.78 is 6.22. The van der Waals surface area contributed by atoms with Crippen LogP contribution in [0.3, 0.4) is 0 Å². The van der Waals surface area contributed by atoms with Gasteiger partial charge in [-0.25, -0.2) is 0 Å². The molecule has 1 aliphatic carbocycles. The summed E-state index contributed by atoms with van der Waals surface area (Å²) in [6.45, 7) is 0.951. The average molecular weight is 279 g/mol. The smallest absolute Gasteiger partial charge is 0.0686 e. The summed E-state index contributed by atoms with van der Waals surface area (Å²) in [5.41, 5.74) is 1.68. The van der Waals surface area contributed by atoms with Gasteiger partial charge in [0.25, 0.3) is 0 Å². The summed E-state index contributed by atoms with van der Waals surface area (Å²) in [6.07, 6.45) is 9.12. The second-order valence-corrected chi connectivity index (χ2v) is 6.95. The van der Waals surface area contributed by atoms with Crippen molar-refractivity contribution >= 4 is 11.3 Å². The molecule has 3 heteroatoms. The van der Waals surface area contributed by atoms with Gasteiger partial charge in [0.15, 0.2) is 0 Å². The standard InChI is InChI=1S/C16H25NOS/c1-17-15(14-6-10-19-12-14)13-5-9-18-16(11-13)7-3-2-4-8-16/h6,10,12-13,15,17H,2-5,7-9,11H2,1H3. The molecule has 1 aliphatic heterocycles. The molecule has 2 aliphatic rings. The Kier molecular flexibility index (Phi) is 4.25. The van der Waals surface area contributed by atoms with E-state index in [-0.39, 0.29) is 5.60 Å². The first-order valence-electron chi connectivity index (χ1n) is 7.66. The predicted octanol–water partition coefficient (Wildman–Crippen LogP) is 4.14. The van der Waals surface area contributed by atoms with Crippen LogP contribution in [0.1, 0.15) is 56.6 Å². The fourth-order valence-corrected chi connectivity index (χ4v) is 4.72. The van der Waals surface area contributed by atoms with Gasteiger partial charge in [-0.1, -0.05) is 19.3 Å². The summed E-state index contributed by atoms with van der Waals surface area (Å²) >= 11 is 1.80. The van der Waals surface area contributed by atoms with Crippen molar-refractivity contribution in [3.63, 3.8) is 0 Å². The molecule has 2 heterocycles. The van der Waals surface area contributed by atoms with Gasteiger partial charge in [0.1, 0.15) is 0 Å². The van der Waals surface area contributed by atoms with Crippen LogP contribution in [0.15, 0.2) is 16.8 Å². The first-order valence-corrected chi connectivity index (χ1v) is 8.61. The third-order valence-corrected chi connectivity index (χ3v) is 5.68. The maximum atomic E-state index is 6.22. The van der Waals surface area contributed by atoms with Gasteiger partial charge in [0.05, 0.1) is 5.60 Å². The lowest BCUT2D eigenvalue weighted by atomic mass is 9.73. The van der Waals surface area contributed by atoms with Crippen molar-refractivity contribution in [3.05, 3.63) is 22.4 Å². The molecular weight excluding hydrogens is 254 g/mol. The zero-order valence-corrected chi connectivity index (χ0v) is 12.7. The van der Waals surface area contributed by atoms with E-state index in [0.717, 1.165) is 12.5 Å². The Morgan fingerprint density at radius 3 is 2.89 bits per heavy atom. The molecule has 1 saturated carbocycles. The molecule has 1 spiro atoms. The van der Waals surface area contributed by atoms with E-state index in [2.05, 4.69) is 29.2 Å². The van der Waals surface area contributed by atoms with Crippen LogP contribution in [0, 0.1) is 5.92 Å². The molecule has 1 N–H and O–H groups in total. The topological polar surface area (TPSA) is 21.3 Å². The summed E-state index contributed by atoms with van der Waals surface area (Å²) in [6, 6.07) is 2.78. The summed E-state index contributed by atoms with van der Waals surface area (Å²) in [5.74, 6) is 0.728. The number of rotatable bonds is 3. The Bertz CT molecular complexity index is 378. The van der Waals surface area contributed by atoms with E-state index in [0.29, 0.717) is 6.04 Å². The second kappa shape index (κ2) is 5.94. The number of nitrogens with one attached hydrogen (secondary N) is 1. The largest absolute Gasteiger partial charge is 0.375 e. The highest BCUT2D eigenvalue weighted by molar-refractivity contribution is 7.07. The van der Waals surface area contributed by atoms with Crippen LogP contribution in [0.2, 0.25) is 0 Å². The molecule has 1 aromatic rings. The molecule has 1 saturated heterocycles. The van der Waals surface area contributed by atoms with E-state index in [9.17, 15) is 0 Å². The molecular formula is C16H25NOS. The lowest BCUT2D eigenvalue weighted by Crippen LogP contribution is -2.44. The zero-order valence-electron chi connectivity index (χ0n) is 11.9. The van der Waals surface area contributed by atoms with Crippen molar-refractivity contribution in [3.8, 4) is 0 Å². The Labute approximate surface area is 120 Å². The van der Waals surface area contributed by atoms with E-state index in [1.165, 1.54) is 50.5 Å². The molecule has 0 aromatic carbocycles. The van der Waals surface area contributed by atoms with Crippen LogP contribution >= 0.6 is 11.3 Å². The molecule has 0 amide bonds. The molecule has 2 atom stereocenters. The molecule has 2 nitrogen and oxygen atoms in total. The highest BCUT2D eigenvalue weighted by Crippen LogP contribution is 2.44. The van der Waals surface area contributed by atoms with Crippen LogP contribution in [0.5, 0.6) is 0 Å². The van der Waals surface area contributed by atoms with Gasteiger partial charge in [0, 0.05) is 12.6 Å². The molecule has 106 valence electrons. The van der Waals surface area contributed by atoms with Gasteiger partial charge >= 0.3 is 0 Å². The van der Waals surface area contributed by atoms with E-state index in [4.69, 9.17) is 4.74 Å². The molecule has 3 rings (SSSR count). The van der Waals surface area contributed by atoms with Crippen molar-refractivity contribution < 1.29 is 4.74 Å². The minimum Gasteiger partial charge on any atom is -0.375 e. The lowest BCUT2D eigenvalue weighted by Gasteiger charge is -2.45. The van der Waals surface area contributed by atoms with E-state index in [1.807, 2.05) is 0 Å². The van der Waals surface area contributed by atoms with Crippen molar-refractivity contribution in [1.29, 1.82) is 0 Å². The number of hydrogen-bond donors (Lipinski definition) is 1. The van der Waals surface area contributed by atoms with E-state index < -0.39 is 0 Å². The monoisotopic (exact) mass is 279 g/mol. The minimum atomic E-state index is 0.215. The number of hydrogen-bond acceptors (Lipinski definition) is 3. The Hall–Kier alpha value is -0.380. The molecule has 19 heavy (non-hydrogen) atoms. The zero-order chi connectivity index (χ0) is 13.1. The fraction of sp³-hybridized carbons (Fsp3) is 0.750. The molecule has 2 fully saturated rings. The van der Waals surface area contributed by atoms with Gasteiger partial charge in [-0.15, -0.1) is 0 Å².